The summed E-state index contributed by atoms with van der Waals surface area (Å²) in [4.78, 5) is 8.27. The van der Waals surface area contributed by atoms with E-state index in [9.17, 15) is 0 Å². The van der Waals surface area contributed by atoms with Crippen LogP contribution in [-0.4, -0.2) is 26.0 Å². The maximum Gasteiger partial charge on any atom is 0.130 e. The predicted octanol–water partition coefficient (Wildman–Crippen LogP) is 1.54. The Morgan fingerprint density at radius 1 is 1.44 bits per heavy atom. The van der Waals surface area contributed by atoms with Crippen molar-refractivity contribution in [3.8, 4) is 0 Å². The first kappa shape index (κ1) is 10.9. The summed E-state index contributed by atoms with van der Waals surface area (Å²) in [5, 5.41) is 8.30. The van der Waals surface area contributed by atoms with Gasteiger partial charge in [0.15, 0.2) is 0 Å². The number of nitrogens with one attached hydrogen (secondary N) is 1. The minimum absolute atomic E-state index is 0.710. The van der Waals surface area contributed by atoms with Crippen molar-refractivity contribution < 1.29 is 0 Å². The number of hydrogen-bond donors (Lipinski definition) is 1. The smallest absolute Gasteiger partial charge is 0.130 e. The predicted molar refractivity (Wildman–Crippen MR) is 64.3 cm³/mol. The molecule has 0 fully saturated rings. The summed E-state index contributed by atoms with van der Waals surface area (Å²) in [7, 11) is 1.92. The number of thioether (sulfide) groups is 1. The van der Waals surface area contributed by atoms with E-state index in [0.29, 0.717) is 6.54 Å². The summed E-state index contributed by atoms with van der Waals surface area (Å²) in [5.41, 5.74) is 1.12. The molecule has 16 heavy (non-hydrogen) atoms. The molecule has 0 unspecified atom stereocenters. The highest BCUT2D eigenvalue weighted by molar-refractivity contribution is 7.98. The monoisotopic (exact) mass is 235 g/mol. The third kappa shape index (κ3) is 2.52. The van der Waals surface area contributed by atoms with Crippen LogP contribution >= 0.6 is 11.8 Å². The van der Waals surface area contributed by atoms with E-state index in [1.807, 2.05) is 30.1 Å². The highest BCUT2D eigenvalue weighted by atomic mass is 32.2. The Balaban J connectivity index is 2.02. The number of aromatic nitrogens is 4. The molecule has 0 aliphatic carbocycles. The van der Waals surface area contributed by atoms with Crippen LogP contribution in [0, 0.1) is 0 Å². The first-order chi connectivity index (χ1) is 7.79. The normalized spacial score (nSPS) is 10.4. The van der Waals surface area contributed by atoms with E-state index in [4.69, 9.17) is 0 Å². The van der Waals surface area contributed by atoms with Gasteiger partial charge < -0.3 is 5.32 Å². The zero-order chi connectivity index (χ0) is 11.4. The second-order valence-corrected chi connectivity index (χ2v) is 4.07. The Morgan fingerprint density at radius 3 is 3.00 bits per heavy atom. The van der Waals surface area contributed by atoms with E-state index in [-0.39, 0.29) is 0 Å². The SMILES string of the molecule is CSc1cc(NCc2ccnn2C)ncn1. The van der Waals surface area contributed by atoms with Crippen molar-refractivity contribution in [1.29, 1.82) is 0 Å². The van der Waals surface area contributed by atoms with Crippen molar-refractivity contribution in [3.63, 3.8) is 0 Å². The molecular weight excluding hydrogens is 222 g/mol. The number of rotatable bonds is 4. The Labute approximate surface area is 98.3 Å². The number of hydrogen-bond acceptors (Lipinski definition) is 5. The molecule has 0 bridgehead atoms. The summed E-state index contributed by atoms with van der Waals surface area (Å²) in [6.07, 6.45) is 5.34. The molecule has 0 spiro atoms. The number of aryl methyl sites for hydroxylation is 1. The van der Waals surface area contributed by atoms with Crippen LogP contribution in [-0.2, 0) is 13.6 Å². The van der Waals surface area contributed by atoms with Crippen molar-refractivity contribution in [3.05, 3.63) is 30.4 Å². The molecule has 0 aliphatic rings. The van der Waals surface area contributed by atoms with Gasteiger partial charge in [-0.3, -0.25) is 4.68 Å². The third-order valence-electron chi connectivity index (χ3n) is 2.22. The number of anilines is 1. The second-order valence-electron chi connectivity index (χ2n) is 3.25. The highest BCUT2D eigenvalue weighted by Gasteiger charge is 2.00. The molecule has 0 radical (unpaired) electrons. The molecule has 2 rings (SSSR count). The van der Waals surface area contributed by atoms with E-state index in [0.717, 1.165) is 16.5 Å². The van der Waals surface area contributed by atoms with E-state index in [2.05, 4.69) is 20.4 Å². The molecule has 6 heteroatoms. The molecule has 1 N–H and O–H groups in total. The van der Waals surface area contributed by atoms with E-state index in [1.54, 1.807) is 24.3 Å². The van der Waals surface area contributed by atoms with Gasteiger partial charge in [-0.05, 0) is 12.3 Å². The van der Waals surface area contributed by atoms with Gasteiger partial charge >= 0.3 is 0 Å². The molecule has 0 aliphatic heterocycles. The van der Waals surface area contributed by atoms with Crippen LogP contribution in [0.2, 0.25) is 0 Å². The van der Waals surface area contributed by atoms with Gasteiger partial charge in [0.2, 0.25) is 0 Å². The van der Waals surface area contributed by atoms with Gasteiger partial charge in [0.05, 0.1) is 12.2 Å². The van der Waals surface area contributed by atoms with E-state index < -0.39 is 0 Å². The standard InChI is InChI=1S/C10H13N5S/c1-15-8(3-4-14-15)6-11-9-5-10(16-2)13-7-12-9/h3-5,7H,6H2,1-2H3,(H,11,12,13). The van der Waals surface area contributed by atoms with Gasteiger partial charge in [-0.2, -0.15) is 5.10 Å². The van der Waals surface area contributed by atoms with Crippen molar-refractivity contribution in [2.24, 2.45) is 7.05 Å². The van der Waals surface area contributed by atoms with Gasteiger partial charge in [-0.1, -0.05) is 0 Å². The molecule has 0 atom stereocenters. The molecule has 5 nitrogen and oxygen atoms in total. The van der Waals surface area contributed by atoms with Crippen LogP contribution < -0.4 is 5.32 Å². The molecule has 0 saturated heterocycles. The van der Waals surface area contributed by atoms with Gasteiger partial charge in [0.1, 0.15) is 17.2 Å². The first-order valence-electron chi connectivity index (χ1n) is 4.86. The summed E-state index contributed by atoms with van der Waals surface area (Å²) in [5.74, 6) is 0.834. The fourth-order valence-corrected chi connectivity index (χ4v) is 1.69. The van der Waals surface area contributed by atoms with Crippen molar-refractivity contribution in [2.45, 2.75) is 11.6 Å². The number of nitrogens with zero attached hydrogens (tertiary/aromatic N) is 4. The van der Waals surface area contributed by atoms with Crippen LogP contribution in [0.1, 0.15) is 5.69 Å². The molecule has 2 heterocycles. The lowest BCUT2D eigenvalue weighted by atomic mass is 10.4. The van der Waals surface area contributed by atoms with Crippen molar-refractivity contribution in [1.82, 2.24) is 19.7 Å². The largest absolute Gasteiger partial charge is 0.364 e. The molecular formula is C10H13N5S. The van der Waals surface area contributed by atoms with Crippen LogP contribution in [0.4, 0.5) is 5.82 Å². The minimum Gasteiger partial charge on any atom is -0.364 e. The first-order valence-corrected chi connectivity index (χ1v) is 6.09. The maximum atomic E-state index is 4.15. The fourth-order valence-electron chi connectivity index (χ4n) is 1.30. The van der Waals surface area contributed by atoms with Gasteiger partial charge in [-0.15, -0.1) is 11.8 Å². The molecule has 0 saturated carbocycles. The highest BCUT2D eigenvalue weighted by Crippen LogP contribution is 2.14. The molecule has 0 aromatic carbocycles. The second kappa shape index (κ2) is 4.98. The molecule has 2 aromatic rings. The summed E-state index contributed by atoms with van der Waals surface area (Å²) >= 11 is 1.60. The average molecular weight is 235 g/mol. The van der Waals surface area contributed by atoms with E-state index in [1.165, 1.54) is 0 Å². The van der Waals surface area contributed by atoms with Crippen LogP contribution in [0.25, 0.3) is 0 Å². The third-order valence-corrected chi connectivity index (χ3v) is 2.87. The Morgan fingerprint density at radius 2 is 2.31 bits per heavy atom. The average Bonchev–Trinajstić information content (AvgIpc) is 2.72. The van der Waals surface area contributed by atoms with Crippen molar-refractivity contribution >= 4 is 17.6 Å². The van der Waals surface area contributed by atoms with Crippen molar-refractivity contribution in [2.75, 3.05) is 11.6 Å². The van der Waals surface area contributed by atoms with Gasteiger partial charge in [0, 0.05) is 19.3 Å². The Bertz CT molecular complexity index is 468. The van der Waals surface area contributed by atoms with Gasteiger partial charge in [0.25, 0.3) is 0 Å². The van der Waals surface area contributed by atoms with Crippen LogP contribution in [0.3, 0.4) is 0 Å². The van der Waals surface area contributed by atoms with Gasteiger partial charge in [-0.25, -0.2) is 9.97 Å². The fraction of sp³-hybridized carbons (Fsp3) is 0.300. The zero-order valence-corrected chi connectivity index (χ0v) is 10.0. The summed E-state index contributed by atoms with van der Waals surface area (Å²) in [6.45, 7) is 0.710. The molecule has 0 amide bonds. The Kier molecular flexibility index (Phi) is 3.40. The lowest BCUT2D eigenvalue weighted by Gasteiger charge is -2.06. The maximum absolute atomic E-state index is 4.15. The lowest BCUT2D eigenvalue weighted by Crippen LogP contribution is -2.06. The summed E-state index contributed by atoms with van der Waals surface area (Å²) in [6, 6.07) is 3.91. The zero-order valence-electron chi connectivity index (χ0n) is 9.21. The van der Waals surface area contributed by atoms with E-state index >= 15 is 0 Å². The summed E-state index contributed by atoms with van der Waals surface area (Å²) < 4.78 is 1.84. The topological polar surface area (TPSA) is 55.6 Å². The van der Waals surface area contributed by atoms with Crippen LogP contribution in [0.5, 0.6) is 0 Å². The lowest BCUT2D eigenvalue weighted by molar-refractivity contribution is 0.719. The minimum atomic E-state index is 0.710. The molecule has 84 valence electrons. The molecule has 2 aromatic heterocycles. The quantitative estimate of drug-likeness (QED) is 0.643. The van der Waals surface area contributed by atoms with Crippen LogP contribution in [0.15, 0.2) is 29.7 Å². The Hall–Kier alpha value is -1.56.